The Morgan fingerprint density at radius 1 is 1.33 bits per heavy atom. The fraction of sp³-hybridized carbons (Fsp3) is 0.294. The average Bonchev–Trinajstić information content (AvgIpc) is 2.95. The number of hydrogen-bond acceptors (Lipinski definition) is 5. The Morgan fingerprint density at radius 3 is 2.92 bits per heavy atom. The van der Waals surface area contributed by atoms with Crippen molar-refractivity contribution in [3.8, 4) is 5.69 Å². The molecule has 2 heterocycles. The fourth-order valence-corrected chi connectivity index (χ4v) is 2.51. The van der Waals surface area contributed by atoms with Crippen LogP contribution in [0, 0.1) is 6.92 Å². The van der Waals surface area contributed by atoms with Crippen molar-refractivity contribution >= 4 is 16.8 Å². The summed E-state index contributed by atoms with van der Waals surface area (Å²) in [7, 11) is 0. The molecule has 0 aliphatic heterocycles. The van der Waals surface area contributed by atoms with Crippen LogP contribution in [0.4, 0.5) is 0 Å². The first-order chi connectivity index (χ1) is 11.6. The van der Waals surface area contributed by atoms with E-state index >= 15 is 0 Å². The first-order valence-corrected chi connectivity index (χ1v) is 7.80. The number of aromatic nitrogens is 4. The Bertz CT molecular complexity index is 867. The Kier molecular flexibility index (Phi) is 4.52. The summed E-state index contributed by atoms with van der Waals surface area (Å²) in [5.74, 6) is -0.299. The zero-order valence-electron chi connectivity index (χ0n) is 13.6. The molecule has 1 unspecified atom stereocenters. The number of rotatable bonds is 5. The number of para-hydroxylation sites is 1. The molecule has 1 atom stereocenters. The molecular weight excluding hydrogens is 306 g/mol. The zero-order chi connectivity index (χ0) is 17.1. The van der Waals surface area contributed by atoms with E-state index in [0.717, 1.165) is 16.6 Å². The number of benzene rings is 1. The van der Waals surface area contributed by atoms with E-state index in [-0.39, 0.29) is 11.6 Å². The van der Waals surface area contributed by atoms with Crippen molar-refractivity contribution in [2.24, 2.45) is 0 Å². The van der Waals surface area contributed by atoms with Gasteiger partial charge in [-0.15, -0.1) is 5.10 Å². The van der Waals surface area contributed by atoms with E-state index < -0.39 is 6.10 Å². The summed E-state index contributed by atoms with van der Waals surface area (Å²) < 4.78 is 1.62. The van der Waals surface area contributed by atoms with Crippen LogP contribution in [0.3, 0.4) is 0 Å². The number of amides is 1. The van der Waals surface area contributed by atoms with Crippen molar-refractivity contribution < 1.29 is 9.90 Å². The van der Waals surface area contributed by atoms with E-state index in [0.29, 0.717) is 18.7 Å². The maximum Gasteiger partial charge on any atom is 0.273 e. The van der Waals surface area contributed by atoms with Crippen LogP contribution in [0.2, 0.25) is 0 Å². The van der Waals surface area contributed by atoms with Gasteiger partial charge in [0.1, 0.15) is 0 Å². The average molecular weight is 325 g/mol. The van der Waals surface area contributed by atoms with Gasteiger partial charge >= 0.3 is 0 Å². The van der Waals surface area contributed by atoms with Gasteiger partial charge in [0.2, 0.25) is 0 Å². The molecule has 0 spiro atoms. The minimum absolute atomic E-state index is 0.272. The van der Waals surface area contributed by atoms with Gasteiger partial charge in [0.25, 0.3) is 5.91 Å². The largest absolute Gasteiger partial charge is 0.393 e. The molecule has 7 nitrogen and oxygen atoms in total. The lowest BCUT2D eigenvalue weighted by Gasteiger charge is -2.08. The summed E-state index contributed by atoms with van der Waals surface area (Å²) in [6.07, 6.45) is 1.76. The topological polar surface area (TPSA) is 92.9 Å². The monoisotopic (exact) mass is 325 g/mol. The molecule has 2 N–H and O–H groups in total. The molecule has 0 aliphatic rings. The van der Waals surface area contributed by atoms with Gasteiger partial charge in [-0.3, -0.25) is 9.78 Å². The van der Waals surface area contributed by atoms with Crippen LogP contribution in [0.15, 0.2) is 36.5 Å². The first-order valence-electron chi connectivity index (χ1n) is 7.80. The minimum atomic E-state index is -0.455. The number of fused-ring (bicyclic) bond motifs is 1. The summed E-state index contributed by atoms with van der Waals surface area (Å²) in [6, 6.07) is 9.64. The van der Waals surface area contributed by atoms with Gasteiger partial charge in [0.05, 0.1) is 23.0 Å². The number of aliphatic hydroxyl groups is 1. The predicted octanol–water partition coefficient (Wildman–Crippen LogP) is 1.62. The standard InChI is InChI=1S/C17H19N5O2/c1-11(23)8-10-19-17(24)15-12(2)22(21-20-15)14-7-3-5-13-6-4-9-18-16(13)14/h3-7,9,11,23H,8,10H2,1-2H3,(H,19,24). The zero-order valence-corrected chi connectivity index (χ0v) is 13.6. The van der Waals surface area contributed by atoms with Crippen LogP contribution in [0.25, 0.3) is 16.6 Å². The second kappa shape index (κ2) is 6.76. The maximum atomic E-state index is 12.2. The third kappa shape index (κ3) is 3.11. The number of hydrogen-bond donors (Lipinski definition) is 2. The summed E-state index contributed by atoms with van der Waals surface area (Å²) in [6.45, 7) is 3.87. The molecule has 0 saturated carbocycles. The molecule has 3 rings (SSSR count). The lowest BCUT2D eigenvalue weighted by Crippen LogP contribution is -2.27. The summed E-state index contributed by atoms with van der Waals surface area (Å²) >= 11 is 0. The van der Waals surface area contributed by atoms with E-state index in [4.69, 9.17) is 0 Å². The summed E-state index contributed by atoms with van der Waals surface area (Å²) in [5.41, 5.74) is 2.49. The van der Waals surface area contributed by atoms with E-state index in [9.17, 15) is 9.90 Å². The van der Waals surface area contributed by atoms with Gasteiger partial charge < -0.3 is 10.4 Å². The van der Waals surface area contributed by atoms with Gasteiger partial charge in [0.15, 0.2) is 5.69 Å². The second-order valence-electron chi connectivity index (χ2n) is 5.68. The lowest BCUT2D eigenvalue weighted by atomic mass is 10.2. The molecule has 24 heavy (non-hydrogen) atoms. The van der Waals surface area contributed by atoms with Crippen LogP contribution in [-0.2, 0) is 0 Å². The molecule has 1 aromatic carbocycles. The van der Waals surface area contributed by atoms with Crippen molar-refractivity contribution in [3.05, 3.63) is 47.9 Å². The van der Waals surface area contributed by atoms with Crippen LogP contribution in [0.5, 0.6) is 0 Å². The summed E-state index contributed by atoms with van der Waals surface area (Å²) in [4.78, 5) is 16.6. The van der Waals surface area contributed by atoms with Crippen molar-refractivity contribution in [2.45, 2.75) is 26.4 Å². The number of carbonyl (C=O) groups is 1. The molecular formula is C17H19N5O2. The quantitative estimate of drug-likeness (QED) is 0.743. The highest BCUT2D eigenvalue weighted by molar-refractivity contribution is 5.93. The molecule has 0 radical (unpaired) electrons. The predicted molar refractivity (Wildman–Crippen MR) is 90.0 cm³/mol. The number of aliphatic hydroxyl groups excluding tert-OH is 1. The highest BCUT2D eigenvalue weighted by Gasteiger charge is 2.18. The highest BCUT2D eigenvalue weighted by atomic mass is 16.3. The Morgan fingerprint density at radius 2 is 2.12 bits per heavy atom. The maximum absolute atomic E-state index is 12.2. The van der Waals surface area contributed by atoms with Gasteiger partial charge in [-0.1, -0.05) is 23.4 Å². The third-order valence-corrected chi connectivity index (χ3v) is 3.80. The van der Waals surface area contributed by atoms with E-state index in [2.05, 4.69) is 20.6 Å². The van der Waals surface area contributed by atoms with E-state index in [1.165, 1.54) is 0 Å². The van der Waals surface area contributed by atoms with Crippen LogP contribution in [0.1, 0.15) is 29.5 Å². The Balaban J connectivity index is 1.91. The highest BCUT2D eigenvalue weighted by Crippen LogP contribution is 2.21. The molecule has 7 heteroatoms. The molecule has 0 aliphatic carbocycles. The van der Waals surface area contributed by atoms with Crippen LogP contribution < -0.4 is 5.32 Å². The number of carbonyl (C=O) groups excluding carboxylic acids is 1. The molecule has 124 valence electrons. The summed E-state index contributed by atoms with van der Waals surface area (Å²) in [5, 5.41) is 21.1. The first kappa shape index (κ1) is 16.1. The van der Waals surface area contributed by atoms with Gasteiger partial charge in [-0.25, -0.2) is 4.68 Å². The number of nitrogens with zero attached hydrogens (tertiary/aromatic N) is 4. The van der Waals surface area contributed by atoms with Crippen molar-refractivity contribution in [1.82, 2.24) is 25.3 Å². The fourth-order valence-electron chi connectivity index (χ4n) is 2.51. The van der Waals surface area contributed by atoms with Crippen LogP contribution >= 0.6 is 0 Å². The van der Waals surface area contributed by atoms with Gasteiger partial charge in [-0.2, -0.15) is 0 Å². The molecule has 0 saturated heterocycles. The van der Waals surface area contributed by atoms with Crippen molar-refractivity contribution in [2.75, 3.05) is 6.54 Å². The van der Waals surface area contributed by atoms with Crippen molar-refractivity contribution in [3.63, 3.8) is 0 Å². The van der Waals surface area contributed by atoms with E-state index in [1.54, 1.807) is 24.7 Å². The van der Waals surface area contributed by atoms with Gasteiger partial charge in [-0.05, 0) is 32.4 Å². The lowest BCUT2D eigenvalue weighted by molar-refractivity contribution is 0.0940. The van der Waals surface area contributed by atoms with E-state index in [1.807, 2.05) is 30.3 Å². The molecule has 3 aromatic rings. The molecule has 0 bridgehead atoms. The second-order valence-corrected chi connectivity index (χ2v) is 5.68. The van der Waals surface area contributed by atoms with Crippen molar-refractivity contribution in [1.29, 1.82) is 0 Å². The Labute approximate surface area is 139 Å². The molecule has 1 amide bonds. The normalized spacial score (nSPS) is 12.3. The smallest absolute Gasteiger partial charge is 0.273 e. The SMILES string of the molecule is Cc1c(C(=O)NCCC(C)O)nnn1-c1cccc2cccnc12. The van der Waals surface area contributed by atoms with Gasteiger partial charge in [0, 0.05) is 18.1 Å². The molecule has 0 fully saturated rings. The number of nitrogens with one attached hydrogen (secondary N) is 1. The Hall–Kier alpha value is -2.80. The third-order valence-electron chi connectivity index (χ3n) is 3.80. The molecule has 2 aromatic heterocycles. The van der Waals surface area contributed by atoms with Crippen LogP contribution in [-0.4, -0.2) is 43.6 Å². The number of pyridine rings is 1. The minimum Gasteiger partial charge on any atom is -0.393 e.